The quantitative estimate of drug-likeness (QED) is 0.920. The van der Waals surface area contributed by atoms with Crippen LogP contribution < -0.4 is 0 Å². The average molecular weight is 307 g/mol. The van der Waals surface area contributed by atoms with Gasteiger partial charge in [0.05, 0.1) is 36.1 Å². The molecule has 0 saturated carbocycles. The van der Waals surface area contributed by atoms with Crippen LogP contribution in [0.25, 0.3) is 10.9 Å². The number of aliphatic hydroxyl groups is 1. The molecule has 1 saturated heterocycles. The molecule has 1 N–H and O–H groups in total. The minimum atomic E-state index is -0.163. The minimum absolute atomic E-state index is 0.0255. The molecule has 110 valence electrons. The minimum Gasteiger partial charge on any atom is -0.390 e. The summed E-state index contributed by atoms with van der Waals surface area (Å²) < 4.78 is 5.25. The molecular weight excluding hydrogens is 292 g/mol. The maximum Gasteiger partial charge on any atom is 0.254 e. The number of ether oxygens (including phenoxy) is 1. The summed E-state index contributed by atoms with van der Waals surface area (Å²) in [6.45, 7) is 2.19. The molecule has 1 aromatic heterocycles. The first-order valence-electron chi connectivity index (χ1n) is 6.76. The molecule has 0 radical (unpaired) electrons. The van der Waals surface area contributed by atoms with E-state index in [9.17, 15) is 4.79 Å². The highest BCUT2D eigenvalue weighted by molar-refractivity contribution is 6.35. The van der Waals surface area contributed by atoms with E-state index in [1.807, 2.05) is 0 Å². The Morgan fingerprint density at radius 2 is 2.10 bits per heavy atom. The van der Waals surface area contributed by atoms with Gasteiger partial charge in [0.25, 0.3) is 5.91 Å². The fraction of sp³-hybridized carbons (Fsp3) is 0.333. The van der Waals surface area contributed by atoms with Gasteiger partial charge in [0.15, 0.2) is 0 Å². The molecule has 1 aromatic carbocycles. The summed E-state index contributed by atoms with van der Waals surface area (Å²) in [6.07, 6.45) is 0. The van der Waals surface area contributed by atoms with Crippen molar-refractivity contribution in [2.45, 2.75) is 6.61 Å². The first-order valence-corrected chi connectivity index (χ1v) is 7.14. The van der Waals surface area contributed by atoms with Crippen molar-refractivity contribution in [2.24, 2.45) is 0 Å². The van der Waals surface area contributed by atoms with E-state index in [-0.39, 0.29) is 12.5 Å². The van der Waals surface area contributed by atoms with Crippen molar-refractivity contribution in [1.82, 2.24) is 9.88 Å². The number of pyridine rings is 1. The zero-order valence-corrected chi connectivity index (χ0v) is 12.1. The second-order valence-electron chi connectivity index (χ2n) is 4.89. The molecule has 2 aromatic rings. The van der Waals surface area contributed by atoms with Gasteiger partial charge in [0.1, 0.15) is 0 Å². The highest BCUT2D eigenvalue weighted by Gasteiger charge is 2.19. The molecule has 2 heterocycles. The molecule has 5 nitrogen and oxygen atoms in total. The van der Waals surface area contributed by atoms with Crippen molar-refractivity contribution in [3.05, 3.63) is 40.5 Å². The molecule has 6 heteroatoms. The first-order chi connectivity index (χ1) is 10.2. The summed E-state index contributed by atoms with van der Waals surface area (Å²) >= 11 is 6.21. The topological polar surface area (TPSA) is 62.7 Å². The molecule has 1 aliphatic heterocycles. The second kappa shape index (κ2) is 5.97. The summed E-state index contributed by atoms with van der Waals surface area (Å²) in [5, 5.41) is 10.3. The lowest BCUT2D eigenvalue weighted by atomic mass is 10.1. The molecule has 1 fully saturated rings. The van der Waals surface area contributed by atoms with Crippen molar-refractivity contribution in [1.29, 1.82) is 0 Å². The summed E-state index contributed by atoms with van der Waals surface area (Å²) in [5.41, 5.74) is 1.77. The van der Waals surface area contributed by atoms with Crippen LogP contribution in [0.4, 0.5) is 0 Å². The van der Waals surface area contributed by atoms with E-state index < -0.39 is 0 Å². The number of carbonyl (C=O) groups excluding carboxylic acids is 1. The molecule has 0 atom stereocenters. The number of halogens is 1. The van der Waals surface area contributed by atoms with Crippen LogP contribution >= 0.6 is 11.6 Å². The molecular formula is C15H15ClN2O3. The van der Waals surface area contributed by atoms with Crippen LogP contribution in [-0.2, 0) is 11.3 Å². The van der Waals surface area contributed by atoms with E-state index in [2.05, 4.69) is 4.98 Å². The van der Waals surface area contributed by atoms with Crippen molar-refractivity contribution < 1.29 is 14.6 Å². The largest absolute Gasteiger partial charge is 0.390 e. The lowest BCUT2D eigenvalue weighted by Gasteiger charge is -2.27. The van der Waals surface area contributed by atoms with Crippen LogP contribution in [0.1, 0.15) is 16.1 Å². The highest BCUT2D eigenvalue weighted by Crippen LogP contribution is 2.25. The van der Waals surface area contributed by atoms with Gasteiger partial charge >= 0.3 is 0 Å². The van der Waals surface area contributed by atoms with E-state index >= 15 is 0 Å². The third-order valence-corrected chi connectivity index (χ3v) is 3.83. The third-order valence-electron chi connectivity index (χ3n) is 3.52. The smallest absolute Gasteiger partial charge is 0.254 e. The van der Waals surface area contributed by atoms with Gasteiger partial charge in [-0.1, -0.05) is 11.6 Å². The highest BCUT2D eigenvalue weighted by atomic mass is 35.5. The van der Waals surface area contributed by atoms with Crippen LogP contribution in [0.15, 0.2) is 24.3 Å². The van der Waals surface area contributed by atoms with E-state index in [1.165, 1.54) is 0 Å². The van der Waals surface area contributed by atoms with Crippen molar-refractivity contribution in [2.75, 3.05) is 26.3 Å². The molecule has 0 unspecified atom stereocenters. The number of nitrogens with zero attached hydrogens (tertiary/aromatic N) is 2. The number of benzene rings is 1. The van der Waals surface area contributed by atoms with Gasteiger partial charge in [-0.2, -0.15) is 0 Å². The Balaban J connectivity index is 1.96. The Labute approximate surface area is 127 Å². The van der Waals surface area contributed by atoms with Crippen LogP contribution in [0.2, 0.25) is 5.02 Å². The van der Waals surface area contributed by atoms with Crippen LogP contribution in [0.5, 0.6) is 0 Å². The van der Waals surface area contributed by atoms with E-state index in [0.29, 0.717) is 53.5 Å². The fourth-order valence-electron chi connectivity index (χ4n) is 2.40. The maximum atomic E-state index is 12.4. The Hall–Kier alpha value is -1.69. The second-order valence-corrected chi connectivity index (χ2v) is 5.30. The van der Waals surface area contributed by atoms with E-state index in [0.717, 1.165) is 0 Å². The number of fused-ring (bicyclic) bond motifs is 1. The molecule has 3 rings (SSSR count). The average Bonchev–Trinajstić information content (AvgIpc) is 2.54. The van der Waals surface area contributed by atoms with Gasteiger partial charge in [-0.3, -0.25) is 9.78 Å². The predicted octanol–water partition coefficient (Wildman–Crippen LogP) is 1.85. The molecule has 21 heavy (non-hydrogen) atoms. The van der Waals surface area contributed by atoms with Crippen molar-refractivity contribution >= 4 is 28.4 Å². The SMILES string of the molecule is O=C(c1ccc2nc(CO)cc(Cl)c2c1)N1CCOCC1. The zero-order chi connectivity index (χ0) is 14.8. The molecule has 0 aliphatic carbocycles. The lowest BCUT2D eigenvalue weighted by molar-refractivity contribution is 0.0303. The van der Waals surface area contributed by atoms with Crippen LogP contribution in [-0.4, -0.2) is 47.2 Å². The number of aromatic nitrogens is 1. The van der Waals surface area contributed by atoms with Crippen molar-refractivity contribution in [3.8, 4) is 0 Å². The number of morpholine rings is 1. The van der Waals surface area contributed by atoms with Crippen LogP contribution in [0.3, 0.4) is 0 Å². The maximum absolute atomic E-state index is 12.4. The fourth-order valence-corrected chi connectivity index (χ4v) is 2.68. The summed E-state index contributed by atoms with van der Waals surface area (Å²) in [4.78, 5) is 18.5. The molecule has 1 aliphatic rings. The van der Waals surface area contributed by atoms with Crippen LogP contribution in [0, 0.1) is 0 Å². The summed E-state index contributed by atoms with van der Waals surface area (Å²) in [5.74, 6) is -0.0255. The normalized spacial score (nSPS) is 15.4. The zero-order valence-electron chi connectivity index (χ0n) is 11.4. The Kier molecular flexibility index (Phi) is 4.05. The van der Waals surface area contributed by atoms with Gasteiger partial charge in [-0.25, -0.2) is 0 Å². The third kappa shape index (κ3) is 2.85. The summed E-state index contributed by atoms with van der Waals surface area (Å²) in [6, 6.07) is 6.87. The number of aliphatic hydroxyl groups excluding tert-OH is 1. The van der Waals surface area contributed by atoms with E-state index in [1.54, 1.807) is 29.2 Å². The van der Waals surface area contributed by atoms with Gasteiger partial charge in [-0.05, 0) is 24.3 Å². The number of rotatable bonds is 2. The van der Waals surface area contributed by atoms with Gasteiger partial charge < -0.3 is 14.7 Å². The Morgan fingerprint density at radius 1 is 1.33 bits per heavy atom. The number of hydrogen-bond donors (Lipinski definition) is 1. The summed E-state index contributed by atoms with van der Waals surface area (Å²) in [7, 11) is 0. The Morgan fingerprint density at radius 3 is 2.81 bits per heavy atom. The number of hydrogen-bond acceptors (Lipinski definition) is 4. The molecule has 1 amide bonds. The number of amides is 1. The van der Waals surface area contributed by atoms with Crippen molar-refractivity contribution in [3.63, 3.8) is 0 Å². The monoisotopic (exact) mass is 306 g/mol. The van der Waals surface area contributed by atoms with Gasteiger partial charge in [-0.15, -0.1) is 0 Å². The predicted molar refractivity (Wildman–Crippen MR) is 79.4 cm³/mol. The Bertz CT molecular complexity index is 684. The first kappa shape index (κ1) is 14.3. The van der Waals surface area contributed by atoms with Gasteiger partial charge in [0, 0.05) is 24.0 Å². The van der Waals surface area contributed by atoms with E-state index in [4.69, 9.17) is 21.4 Å². The molecule has 0 bridgehead atoms. The molecule has 0 spiro atoms. The number of carbonyl (C=O) groups is 1. The standard InChI is InChI=1S/C15H15ClN2O3/c16-13-8-11(9-19)17-14-2-1-10(7-12(13)14)15(20)18-3-5-21-6-4-18/h1-2,7-8,19H,3-6,9H2. The lowest BCUT2D eigenvalue weighted by Crippen LogP contribution is -2.40. The van der Waals surface area contributed by atoms with Gasteiger partial charge in [0.2, 0.25) is 0 Å².